The maximum absolute atomic E-state index is 12.4. The van der Waals surface area contributed by atoms with Gasteiger partial charge in [-0.25, -0.2) is 4.99 Å². The van der Waals surface area contributed by atoms with E-state index in [1.807, 2.05) is 38.1 Å². The van der Waals surface area contributed by atoms with Crippen molar-refractivity contribution >= 4 is 35.8 Å². The van der Waals surface area contributed by atoms with Crippen molar-refractivity contribution in [1.82, 2.24) is 16.0 Å². The van der Waals surface area contributed by atoms with Crippen molar-refractivity contribution in [1.29, 1.82) is 0 Å². The predicted molar refractivity (Wildman–Crippen MR) is 137 cm³/mol. The molecule has 1 aromatic rings. The van der Waals surface area contributed by atoms with Gasteiger partial charge >= 0.3 is 0 Å². The van der Waals surface area contributed by atoms with Gasteiger partial charge in [0, 0.05) is 31.3 Å². The summed E-state index contributed by atoms with van der Waals surface area (Å²) < 4.78 is 0. The Hall–Kier alpha value is -1.35. The number of carbonyl (C=O) groups is 1. The molecule has 1 unspecified atom stereocenters. The van der Waals surface area contributed by atoms with Crippen molar-refractivity contribution in [2.75, 3.05) is 19.7 Å². The fourth-order valence-corrected chi connectivity index (χ4v) is 3.18. The standard InChI is InChI=1S/C23H40N4O2.HI/c1-6-18(5)27-21(29)20-12-10-11-19(15-20)16-25-22(24-9-4)26-17-23(7-2,8-3)13-14-28;/h10-12,15,18,28H,6-9,13-14,16-17H2,1-5H3,(H,27,29)(H2,24,25,26);1H. The monoisotopic (exact) mass is 532 g/mol. The molecule has 1 rings (SSSR count). The summed E-state index contributed by atoms with van der Waals surface area (Å²) in [5.74, 6) is 0.709. The van der Waals surface area contributed by atoms with Crippen LogP contribution in [-0.4, -0.2) is 42.7 Å². The third-order valence-corrected chi connectivity index (χ3v) is 5.72. The first-order valence-corrected chi connectivity index (χ1v) is 11.0. The minimum absolute atomic E-state index is 0. The highest BCUT2D eigenvalue weighted by molar-refractivity contribution is 14.0. The Kier molecular flexibility index (Phi) is 14.8. The number of nitrogens with zero attached hydrogens (tertiary/aromatic N) is 1. The molecule has 0 fully saturated rings. The topological polar surface area (TPSA) is 85.8 Å². The molecule has 172 valence electrons. The smallest absolute Gasteiger partial charge is 0.251 e. The van der Waals surface area contributed by atoms with Gasteiger partial charge in [0.25, 0.3) is 5.91 Å². The Morgan fingerprint density at radius 1 is 1.17 bits per heavy atom. The van der Waals surface area contributed by atoms with Gasteiger partial charge in [0.05, 0.1) is 6.54 Å². The SMILES string of the molecule is CCNC(=NCc1cccc(C(=O)NC(C)CC)c1)NCC(CC)(CC)CCO.I. The number of hydrogen-bond acceptors (Lipinski definition) is 3. The van der Waals surface area contributed by atoms with Crippen LogP contribution in [0.3, 0.4) is 0 Å². The normalized spacial score (nSPS) is 12.7. The molecule has 0 aromatic heterocycles. The van der Waals surface area contributed by atoms with Crippen molar-refractivity contribution in [3.63, 3.8) is 0 Å². The molecule has 0 aliphatic rings. The number of nitrogens with one attached hydrogen (secondary N) is 3. The van der Waals surface area contributed by atoms with Gasteiger partial charge in [-0.05, 0) is 62.6 Å². The largest absolute Gasteiger partial charge is 0.396 e. The number of hydrogen-bond donors (Lipinski definition) is 4. The molecule has 1 aromatic carbocycles. The van der Waals surface area contributed by atoms with E-state index in [1.54, 1.807) is 0 Å². The second kappa shape index (κ2) is 15.5. The molecule has 6 nitrogen and oxygen atoms in total. The van der Waals surface area contributed by atoms with Crippen LogP contribution in [-0.2, 0) is 6.54 Å². The summed E-state index contributed by atoms with van der Waals surface area (Å²) in [6.45, 7) is 12.7. The van der Waals surface area contributed by atoms with Gasteiger partial charge in [-0.3, -0.25) is 4.79 Å². The van der Waals surface area contributed by atoms with Crippen LogP contribution in [0.4, 0.5) is 0 Å². The summed E-state index contributed by atoms with van der Waals surface area (Å²) in [5.41, 5.74) is 1.72. The first-order chi connectivity index (χ1) is 13.9. The highest BCUT2D eigenvalue weighted by Gasteiger charge is 2.25. The molecule has 0 heterocycles. The Bertz CT molecular complexity index is 648. The van der Waals surface area contributed by atoms with Gasteiger partial charge in [-0.15, -0.1) is 24.0 Å². The molecule has 0 aliphatic carbocycles. The van der Waals surface area contributed by atoms with Crippen LogP contribution in [0.25, 0.3) is 0 Å². The molecule has 0 bridgehead atoms. The van der Waals surface area contributed by atoms with Crippen molar-refractivity contribution < 1.29 is 9.90 Å². The predicted octanol–water partition coefficient (Wildman–Crippen LogP) is 4.08. The summed E-state index contributed by atoms with van der Waals surface area (Å²) in [7, 11) is 0. The number of guanidine groups is 1. The van der Waals surface area contributed by atoms with E-state index in [-0.39, 0.29) is 47.9 Å². The van der Waals surface area contributed by atoms with Crippen LogP contribution in [0.5, 0.6) is 0 Å². The molecular formula is C23H41IN4O2. The number of halogens is 1. The third kappa shape index (κ3) is 9.64. The molecule has 0 aliphatic heterocycles. The molecule has 0 spiro atoms. The molecule has 4 N–H and O–H groups in total. The Morgan fingerprint density at radius 2 is 1.87 bits per heavy atom. The van der Waals surface area contributed by atoms with Crippen LogP contribution < -0.4 is 16.0 Å². The van der Waals surface area contributed by atoms with E-state index in [0.717, 1.165) is 50.3 Å². The third-order valence-electron chi connectivity index (χ3n) is 5.72. The van der Waals surface area contributed by atoms with E-state index in [4.69, 9.17) is 4.99 Å². The van der Waals surface area contributed by atoms with Crippen molar-refractivity contribution in [2.45, 2.75) is 72.9 Å². The van der Waals surface area contributed by atoms with E-state index < -0.39 is 0 Å². The van der Waals surface area contributed by atoms with Gasteiger partial charge in [-0.1, -0.05) is 32.9 Å². The lowest BCUT2D eigenvalue weighted by atomic mass is 9.79. The highest BCUT2D eigenvalue weighted by Crippen LogP contribution is 2.29. The quantitative estimate of drug-likeness (QED) is 0.186. The lowest BCUT2D eigenvalue weighted by molar-refractivity contribution is 0.0939. The lowest BCUT2D eigenvalue weighted by Crippen LogP contribution is -2.43. The minimum atomic E-state index is -0.0464. The summed E-state index contributed by atoms with van der Waals surface area (Å²) in [6.07, 6.45) is 3.69. The fraction of sp³-hybridized carbons (Fsp3) is 0.652. The lowest BCUT2D eigenvalue weighted by Gasteiger charge is -2.32. The molecule has 7 heteroatoms. The number of aliphatic imine (C=N–C) groups is 1. The van der Waals surface area contributed by atoms with Crippen LogP contribution in [0.2, 0.25) is 0 Å². The molecule has 0 saturated heterocycles. The van der Waals surface area contributed by atoms with E-state index in [1.165, 1.54) is 0 Å². The average Bonchev–Trinajstić information content (AvgIpc) is 2.74. The second-order valence-corrected chi connectivity index (χ2v) is 7.71. The second-order valence-electron chi connectivity index (χ2n) is 7.71. The summed E-state index contributed by atoms with van der Waals surface area (Å²) in [4.78, 5) is 17.0. The number of aliphatic hydroxyl groups excluding tert-OH is 1. The van der Waals surface area contributed by atoms with E-state index in [2.05, 4.69) is 36.7 Å². The Labute approximate surface area is 199 Å². The Morgan fingerprint density at radius 3 is 2.43 bits per heavy atom. The number of carbonyl (C=O) groups excluding carboxylic acids is 1. The molecular weight excluding hydrogens is 491 g/mol. The van der Waals surface area contributed by atoms with E-state index in [0.29, 0.717) is 12.1 Å². The van der Waals surface area contributed by atoms with Crippen LogP contribution in [0.15, 0.2) is 29.3 Å². The maximum atomic E-state index is 12.4. The summed E-state index contributed by atoms with van der Waals surface area (Å²) >= 11 is 0. The van der Waals surface area contributed by atoms with Crippen LogP contribution in [0.1, 0.15) is 76.2 Å². The van der Waals surface area contributed by atoms with E-state index >= 15 is 0 Å². The van der Waals surface area contributed by atoms with E-state index in [9.17, 15) is 9.90 Å². The van der Waals surface area contributed by atoms with Crippen LogP contribution >= 0.6 is 24.0 Å². The fourth-order valence-electron chi connectivity index (χ4n) is 3.18. The zero-order valence-corrected chi connectivity index (χ0v) is 21.6. The van der Waals surface area contributed by atoms with Gasteiger partial charge in [0.15, 0.2) is 5.96 Å². The first kappa shape index (κ1) is 28.6. The highest BCUT2D eigenvalue weighted by atomic mass is 127. The van der Waals surface area contributed by atoms with Gasteiger partial charge in [-0.2, -0.15) is 0 Å². The molecule has 1 atom stereocenters. The average molecular weight is 533 g/mol. The molecule has 1 amide bonds. The zero-order valence-electron chi connectivity index (χ0n) is 19.3. The minimum Gasteiger partial charge on any atom is -0.396 e. The van der Waals surface area contributed by atoms with Crippen molar-refractivity contribution in [3.8, 4) is 0 Å². The van der Waals surface area contributed by atoms with Gasteiger partial charge < -0.3 is 21.1 Å². The van der Waals surface area contributed by atoms with Gasteiger partial charge in [0.1, 0.15) is 0 Å². The first-order valence-electron chi connectivity index (χ1n) is 11.0. The zero-order chi connectivity index (χ0) is 21.7. The molecule has 30 heavy (non-hydrogen) atoms. The molecule has 0 saturated carbocycles. The van der Waals surface area contributed by atoms with Gasteiger partial charge in [0.2, 0.25) is 0 Å². The Balaban J connectivity index is 0.00000841. The number of amides is 1. The summed E-state index contributed by atoms with van der Waals surface area (Å²) in [5, 5.41) is 19.1. The molecule has 0 radical (unpaired) electrons. The number of rotatable bonds is 12. The number of aliphatic hydroxyl groups is 1. The van der Waals surface area contributed by atoms with Crippen molar-refractivity contribution in [2.24, 2.45) is 10.4 Å². The summed E-state index contributed by atoms with van der Waals surface area (Å²) in [6, 6.07) is 7.78. The number of benzene rings is 1. The van der Waals surface area contributed by atoms with Crippen LogP contribution in [0, 0.1) is 5.41 Å². The maximum Gasteiger partial charge on any atom is 0.251 e. The van der Waals surface area contributed by atoms with Crippen molar-refractivity contribution in [3.05, 3.63) is 35.4 Å².